The second-order valence-electron chi connectivity index (χ2n) is 6.26. The lowest BCUT2D eigenvalue weighted by Crippen LogP contribution is -2.39. The topological polar surface area (TPSA) is 146 Å². The van der Waals surface area contributed by atoms with E-state index in [1.807, 2.05) is 0 Å². The zero-order valence-corrected chi connectivity index (χ0v) is 14.5. The highest BCUT2D eigenvalue weighted by atomic mass is 19.1. The Morgan fingerprint density at radius 1 is 1.29 bits per heavy atom. The molecule has 0 radical (unpaired) electrons. The van der Waals surface area contributed by atoms with Crippen LogP contribution in [0.25, 0.3) is 11.2 Å². The van der Waals surface area contributed by atoms with E-state index in [9.17, 15) is 14.6 Å². The van der Waals surface area contributed by atoms with Crippen molar-refractivity contribution < 1.29 is 29.2 Å². The summed E-state index contributed by atoms with van der Waals surface area (Å²) in [5.74, 6) is 0.00343. The van der Waals surface area contributed by atoms with Crippen molar-refractivity contribution in [1.29, 1.82) is 0 Å². The number of nitrogens with zero attached hydrogens (tertiary/aromatic N) is 3. The number of halogens is 1. The fourth-order valence-electron chi connectivity index (χ4n) is 2.94. The summed E-state index contributed by atoms with van der Waals surface area (Å²) in [6.07, 6.45) is -3.43. The monoisotopic (exact) mass is 391 g/mol. The third-order valence-corrected chi connectivity index (χ3v) is 4.35. The van der Waals surface area contributed by atoms with E-state index < -0.39 is 31.2 Å². The summed E-state index contributed by atoms with van der Waals surface area (Å²) in [4.78, 5) is 15.4. The van der Waals surface area contributed by atoms with Crippen LogP contribution in [0.15, 0.2) is 30.6 Å². The second kappa shape index (κ2) is 7.64. The molecule has 0 unspecified atom stereocenters. The summed E-state index contributed by atoms with van der Waals surface area (Å²) < 4.78 is 23.9. The van der Waals surface area contributed by atoms with E-state index in [0.29, 0.717) is 22.5 Å². The quantitative estimate of drug-likeness (QED) is 0.389. The second-order valence-corrected chi connectivity index (χ2v) is 6.26. The summed E-state index contributed by atoms with van der Waals surface area (Å²) in [7, 11) is 0. The van der Waals surface area contributed by atoms with Crippen molar-refractivity contribution in [2.45, 2.75) is 31.1 Å². The maximum atomic E-state index is 13.4. The minimum Gasteiger partial charge on any atom is -0.452 e. The van der Waals surface area contributed by atoms with E-state index in [1.165, 1.54) is 18.5 Å². The van der Waals surface area contributed by atoms with Gasteiger partial charge in [-0.15, -0.1) is 0 Å². The van der Waals surface area contributed by atoms with Crippen molar-refractivity contribution in [3.63, 3.8) is 0 Å². The Morgan fingerprint density at radius 2 is 2.14 bits per heavy atom. The van der Waals surface area contributed by atoms with Crippen molar-refractivity contribution in [3.05, 3.63) is 42.0 Å². The summed E-state index contributed by atoms with van der Waals surface area (Å²) in [6, 6.07) is 5.97. The van der Waals surface area contributed by atoms with E-state index in [0.717, 1.165) is 0 Å². The van der Waals surface area contributed by atoms with Gasteiger partial charge in [0.15, 0.2) is 23.9 Å². The minimum absolute atomic E-state index is 0.147. The first-order chi connectivity index (χ1) is 13.5. The van der Waals surface area contributed by atoms with Gasteiger partial charge in [-0.25, -0.2) is 9.37 Å². The molecule has 0 spiro atoms. The molecule has 2 aromatic heterocycles. The Bertz CT molecular complexity index is 970. The van der Waals surface area contributed by atoms with Gasteiger partial charge in [-0.2, -0.15) is 9.97 Å². The van der Waals surface area contributed by atoms with Crippen molar-refractivity contribution >= 4 is 17.0 Å². The molecule has 1 fully saturated rings. The Balaban J connectivity index is 1.57. The van der Waals surface area contributed by atoms with Crippen LogP contribution in [-0.2, 0) is 11.3 Å². The van der Waals surface area contributed by atoms with E-state index in [1.54, 1.807) is 12.1 Å². The van der Waals surface area contributed by atoms with Gasteiger partial charge in [0.1, 0.15) is 23.5 Å². The molecule has 3 heterocycles. The number of aliphatic hydroxyl groups is 3. The van der Waals surface area contributed by atoms with Crippen LogP contribution < -0.4 is 10.1 Å². The van der Waals surface area contributed by atoms with Gasteiger partial charge in [0, 0.05) is 6.54 Å². The summed E-state index contributed by atoms with van der Waals surface area (Å²) >= 11 is 0. The molecule has 1 aliphatic rings. The number of anilines is 1. The maximum absolute atomic E-state index is 13.4. The molecule has 148 valence electrons. The molecular weight excluding hydrogens is 373 g/mol. The lowest BCUT2D eigenvalue weighted by molar-refractivity contribution is -0.129. The number of hydrogen-bond acceptors (Lipinski definition) is 9. The minimum atomic E-state index is -1.45. The molecule has 28 heavy (non-hydrogen) atoms. The van der Waals surface area contributed by atoms with Crippen LogP contribution in [0.1, 0.15) is 5.56 Å². The largest absolute Gasteiger partial charge is 0.452 e. The summed E-state index contributed by atoms with van der Waals surface area (Å²) in [5.41, 5.74) is 1.52. The predicted octanol–water partition coefficient (Wildman–Crippen LogP) is -0.0781. The van der Waals surface area contributed by atoms with E-state index in [2.05, 4.69) is 25.3 Å². The molecular formula is C17H18FN5O5. The number of hydrogen-bond donors (Lipinski definition) is 5. The van der Waals surface area contributed by atoms with E-state index in [4.69, 9.17) is 14.6 Å². The number of aromatic amines is 1. The first-order valence-corrected chi connectivity index (χ1v) is 8.53. The van der Waals surface area contributed by atoms with Gasteiger partial charge < -0.3 is 35.1 Å². The van der Waals surface area contributed by atoms with Crippen LogP contribution in [-0.4, -0.2) is 66.5 Å². The highest BCUT2D eigenvalue weighted by Gasteiger charge is 2.45. The van der Waals surface area contributed by atoms with Crippen molar-refractivity contribution in [3.8, 4) is 6.01 Å². The molecule has 0 saturated carbocycles. The van der Waals surface area contributed by atoms with Gasteiger partial charge in [0.05, 0.1) is 12.9 Å². The van der Waals surface area contributed by atoms with Crippen molar-refractivity contribution in [1.82, 2.24) is 19.9 Å². The Morgan fingerprint density at radius 3 is 2.89 bits per heavy atom. The number of nitrogens with one attached hydrogen (secondary N) is 2. The van der Waals surface area contributed by atoms with Crippen LogP contribution in [0, 0.1) is 5.82 Å². The number of imidazole rings is 1. The predicted molar refractivity (Wildman–Crippen MR) is 93.8 cm³/mol. The number of fused-ring (bicyclic) bond motifs is 1. The molecule has 3 aromatic rings. The summed E-state index contributed by atoms with van der Waals surface area (Å²) in [6.45, 7) is -0.190. The molecule has 1 aromatic carbocycles. The van der Waals surface area contributed by atoms with Crippen LogP contribution >= 0.6 is 0 Å². The third kappa shape index (κ3) is 3.60. The number of ether oxygens (including phenoxy) is 2. The molecule has 10 nitrogen and oxygen atoms in total. The van der Waals surface area contributed by atoms with Gasteiger partial charge in [-0.05, 0) is 17.7 Å². The van der Waals surface area contributed by atoms with E-state index >= 15 is 0 Å². The SMILES string of the molecule is OC[C@H]1O[C@@H](O)[C@@H](Oc2nc(NCc3cccc(F)c3)c3[nH]cnc3n2)[C@@H]1O. The zero-order valence-electron chi connectivity index (χ0n) is 14.5. The van der Waals surface area contributed by atoms with Crippen molar-refractivity contribution in [2.24, 2.45) is 0 Å². The van der Waals surface area contributed by atoms with E-state index in [-0.39, 0.29) is 18.4 Å². The average molecular weight is 391 g/mol. The Kier molecular flexibility index (Phi) is 5.05. The van der Waals surface area contributed by atoms with Crippen molar-refractivity contribution in [2.75, 3.05) is 11.9 Å². The zero-order chi connectivity index (χ0) is 19.7. The van der Waals surface area contributed by atoms with Crippen LogP contribution in [0.2, 0.25) is 0 Å². The first kappa shape index (κ1) is 18.5. The molecule has 4 atom stereocenters. The highest BCUT2D eigenvalue weighted by Crippen LogP contribution is 2.26. The van der Waals surface area contributed by atoms with Crippen LogP contribution in [0.5, 0.6) is 6.01 Å². The normalized spacial score (nSPS) is 24.6. The number of rotatable bonds is 6. The molecule has 4 rings (SSSR count). The fourth-order valence-corrected chi connectivity index (χ4v) is 2.94. The fraction of sp³-hybridized carbons (Fsp3) is 0.353. The lowest BCUT2D eigenvalue weighted by atomic mass is 10.1. The molecule has 11 heteroatoms. The lowest BCUT2D eigenvalue weighted by Gasteiger charge is -2.18. The number of H-pyrrole nitrogens is 1. The molecule has 1 saturated heterocycles. The molecule has 0 amide bonds. The molecule has 1 aliphatic heterocycles. The highest BCUT2D eigenvalue weighted by molar-refractivity contribution is 5.82. The summed E-state index contributed by atoms with van der Waals surface area (Å²) in [5, 5.41) is 32.2. The molecule has 0 aliphatic carbocycles. The molecule has 5 N–H and O–H groups in total. The molecule has 0 bridgehead atoms. The Labute approximate surface area is 158 Å². The van der Waals surface area contributed by atoms with Gasteiger partial charge in [0.25, 0.3) is 0 Å². The van der Waals surface area contributed by atoms with Gasteiger partial charge >= 0.3 is 6.01 Å². The number of aliphatic hydroxyl groups excluding tert-OH is 3. The number of benzene rings is 1. The Hall–Kier alpha value is -2.86. The third-order valence-electron chi connectivity index (χ3n) is 4.35. The van der Waals surface area contributed by atoms with Gasteiger partial charge in [0.2, 0.25) is 0 Å². The standard InChI is InChI=1S/C17H18FN5O5/c18-9-3-1-2-8(4-9)5-19-14-11-15(21-7-20-11)23-17(22-14)28-13-12(25)10(6-24)27-16(13)26/h1-4,7,10,12-13,16,24-26H,5-6H2,(H2,19,20,21,22,23)/t10-,12-,13+,16-/m1/s1. The maximum Gasteiger partial charge on any atom is 0.321 e. The first-order valence-electron chi connectivity index (χ1n) is 8.53. The van der Waals surface area contributed by atoms with Gasteiger partial charge in [-0.3, -0.25) is 0 Å². The average Bonchev–Trinajstić information content (AvgIpc) is 3.26. The van der Waals surface area contributed by atoms with Crippen LogP contribution in [0.3, 0.4) is 0 Å². The van der Waals surface area contributed by atoms with Gasteiger partial charge in [-0.1, -0.05) is 12.1 Å². The smallest absolute Gasteiger partial charge is 0.321 e. The van der Waals surface area contributed by atoms with Crippen LogP contribution in [0.4, 0.5) is 10.2 Å². The number of aromatic nitrogens is 4.